The van der Waals surface area contributed by atoms with Crippen molar-refractivity contribution in [1.82, 2.24) is 0 Å². The van der Waals surface area contributed by atoms with E-state index in [2.05, 4.69) is 32.9 Å². The highest BCUT2D eigenvalue weighted by Crippen LogP contribution is 2.15. The molecule has 3 unspecified atom stereocenters. The summed E-state index contributed by atoms with van der Waals surface area (Å²) in [7, 11) is 0. The average Bonchev–Trinajstić information content (AvgIpc) is 2.74. The molecule has 6 heteroatoms. The van der Waals surface area contributed by atoms with Crippen LogP contribution in [-0.2, 0) is 9.53 Å². The number of hydrogen-bond donors (Lipinski definition) is 4. The van der Waals surface area contributed by atoms with E-state index in [1.54, 1.807) is 6.08 Å². The van der Waals surface area contributed by atoms with E-state index in [9.17, 15) is 4.79 Å². The molecular formula is C27H50O6. The Morgan fingerprint density at radius 1 is 0.879 bits per heavy atom. The van der Waals surface area contributed by atoms with Crippen LogP contribution >= 0.6 is 0 Å². The zero-order valence-corrected chi connectivity index (χ0v) is 21.6. The third-order valence-corrected chi connectivity index (χ3v) is 3.44. The Kier molecular flexibility index (Phi) is 30.5. The molecule has 0 rings (SSSR count). The van der Waals surface area contributed by atoms with E-state index < -0.39 is 12.2 Å². The highest BCUT2D eigenvalue weighted by Gasteiger charge is 2.13. The zero-order chi connectivity index (χ0) is 26.9. The van der Waals surface area contributed by atoms with Crippen molar-refractivity contribution >= 4 is 5.78 Å². The van der Waals surface area contributed by atoms with Crippen LogP contribution in [0.2, 0.25) is 0 Å². The number of carbonyl (C=O) groups excluding carboxylic acids is 1. The Balaban J connectivity index is -0.000000176. The SMILES string of the molecule is C=CC(=O)CCC.C=CC(O)CC(=C)OC(C)(C)C.C=CC(O)CCC.C=CC(O)CCO. The number of carbonyl (C=O) groups is 1. The van der Waals surface area contributed by atoms with Crippen molar-refractivity contribution in [3.8, 4) is 0 Å². The van der Waals surface area contributed by atoms with Crippen LogP contribution < -0.4 is 0 Å². The second-order valence-corrected chi connectivity index (χ2v) is 8.09. The highest BCUT2D eigenvalue weighted by molar-refractivity contribution is 5.88. The number of ether oxygens (including phenoxy) is 1. The summed E-state index contributed by atoms with van der Waals surface area (Å²) in [6.07, 6.45) is 8.64. The molecule has 0 saturated heterocycles. The number of ketones is 1. The molecule has 0 saturated carbocycles. The monoisotopic (exact) mass is 470 g/mol. The fourth-order valence-corrected chi connectivity index (χ4v) is 1.80. The lowest BCUT2D eigenvalue weighted by atomic mass is 10.1. The van der Waals surface area contributed by atoms with Crippen molar-refractivity contribution < 1.29 is 30.0 Å². The second-order valence-electron chi connectivity index (χ2n) is 8.09. The van der Waals surface area contributed by atoms with E-state index in [4.69, 9.17) is 25.2 Å². The van der Waals surface area contributed by atoms with Gasteiger partial charge in [-0.05, 0) is 46.1 Å². The van der Waals surface area contributed by atoms with Crippen LogP contribution in [0.4, 0.5) is 0 Å². The van der Waals surface area contributed by atoms with Gasteiger partial charge in [0.1, 0.15) is 5.60 Å². The van der Waals surface area contributed by atoms with E-state index in [1.165, 1.54) is 18.2 Å². The van der Waals surface area contributed by atoms with E-state index in [-0.39, 0.29) is 24.1 Å². The molecule has 0 aromatic heterocycles. The molecule has 0 amide bonds. The lowest BCUT2D eigenvalue weighted by molar-refractivity contribution is -0.114. The summed E-state index contributed by atoms with van der Waals surface area (Å²) in [5.41, 5.74) is -0.238. The molecule has 0 bridgehead atoms. The van der Waals surface area contributed by atoms with E-state index in [1.807, 2.05) is 34.6 Å². The van der Waals surface area contributed by atoms with Gasteiger partial charge in [-0.1, -0.05) is 51.7 Å². The number of allylic oxidation sites excluding steroid dienone is 1. The van der Waals surface area contributed by atoms with Gasteiger partial charge >= 0.3 is 0 Å². The van der Waals surface area contributed by atoms with Crippen molar-refractivity contribution in [1.29, 1.82) is 0 Å². The first-order chi connectivity index (χ1) is 15.3. The van der Waals surface area contributed by atoms with Gasteiger partial charge in [0.2, 0.25) is 0 Å². The Hall–Kier alpha value is -1.99. The first-order valence-corrected chi connectivity index (χ1v) is 11.3. The minimum atomic E-state index is -0.556. The van der Waals surface area contributed by atoms with Gasteiger partial charge in [-0.3, -0.25) is 4.79 Å². The molecule has 0 spiro atoms. The molecule has 33 heavy (non-hydrogen) atoms. The smallest absolute Gasteiger partial charge is 0.155 e. The molecule has 4 N–H and O–H groups in total. The van der Waals surface area contributed by atoms with Crippen molar-refractivity contribution in [3.63, 3.8) is 0 Å². The quantitative estimate of drug-likeness (QED) is 0.171. The molecule has 194 valence electrons. The maximum Gasteiger partial charge on any atom is 0.155 e. The van der Waals surface area contributed by atoms with E-state index >= 15 is 0 Å². The Morgan fingerprint density at radius 2 is 1.33 bits per heavy atom. The fourth-order valence-electron chi connectivity index (χ4n) is 1.80. The predicted molar refractivity (Wildman–Crippen MR) is 140 cm³/mol. The van der Waals surface area contributed by atoms with Crippen LogP contribution in [0.3, 0.4) is 0 Å². The molecule has 0 aromatic carbocycles. The number of rotatable bonds is 13. The van der Waals surface area contributed by atoms with E-state index in [0.717, 1.165) is 19.3 Å². The minimum Gasteiger partial charge on any atom is -0.493 e. The van der Waals surface area contributed by atoms with Gasteiger partial charge in [0, 0.05) is 19.4 Å². The summed E-state index contributed by atoms with van der Waals surface area (Å²) < 4.78 is 5.41. The molecular weight excluding hydrogens is 420 g/mol. The van der Waals surface area contributed by atoms with Crippen molar-refractivity contribution in [2.75, 3.05) is 6.61 Å². The Bertz CT molecular complexity index is 503. The molecule has 0 radical (unpaired) electrons. The topological polar surface area (TPSA) is 107 Å². The molecule has 0 heterocycles. The average molecular weight is 471 g/mol. The third-order valence-electron chi connectivity index (χ3n) is 3.44. The van der Waals surface area contributed by atoms with Gasteiger partial charge in [-0.15, -0.1) is 19.7 Å². The van der Waals surface area contributed by atoms with Crippen molar-refractivity contribution in [2.24, 2.45) is 0 Å². The summed E-state index contributed by atoms with van der Waals surface area (Å²) in [4.78, 5) is 10.3. The summed E-state index contributed by atoms with van der Waals surface area (Å²) in [5, 5.41) is 34.6. The van der Waals surface area contributed by atoms with Gasteiger partial charge in [0.05, 0.1) is 24.1 Å². The van der Waals surface area contributed by atoms with Crippen LogP contribution in [-0.4, -0.2) is 56.7 Å². The molecule has 0 aliphatic carbocycles. The summed E-state index contributed by atoms with van der Waals surface area (Å²) in [6.45, 7) is 27.1. The van der Waals surface area contributed by atoms with Gasteiger partial charge < -0.3 is 25.2 Å². The number of aliphatic hydroxyl groups excluding tert-OH is 4. The maximum atomic E-state index is 10.3. The van der Waals surface area contributed by atoms with Gasteiger partial charge in [0.25, 0.3) is 0 Å². The molecule has 0 aliphatic heterocycles. The standard InChI is InChI=1S/C10H18O2.C6H12O.C6H10O.C5H10O2/c1-6-9(11)7-8(2)12-10(3,4)5;2*1-3-5-6(7)4-2;1-2-5(7)3-4-6/h6,9,11H,1-2,7H2,3-5H3;4,6-7H,2-3,5H2,1H3;4H,2-3,5H2,1H3;2,5-7H,1,3-4H2. The Morgan fingerprint density at radius 3 is 1.55 bits per heavy atom. The van der Waals surface area contributed by atoms with Gasteiger partial charge in [-0.2, -0.15) is 0 Å². The van der Waals surface area contributed by atoms with Crippen molar-refractivity contribution in [3.05, 3.63) is 63.0 Å². The first kappa shape index (κ1) is 38.3. The third kappa shape index (κ3) is 40.8. The lowest BCUT2D eigenvalue weighted by Crippen LogP contribution is -2.19. The van der Waals surface area contributed by atoms with Gasteiger partial charge in [0.15, 0.2) is 5.78 Å². The van der Waals surface area contributed by atoms with Crippen LogP contribution in [0.5, 0.6) is 0 Å². The summed E-state index contributed by atoms with van der Waals surface area (Å²) in [5.74, 6) is 0.734. The lowest BCUT2D eigenvalue weighted by Gasteiger charge is -2.23. The van der Waals surface area contributed by atoms with Crippen LogP contribution in [0.25, 0.3) is 0 Å². The molecule has 3 atom stereocenters. The van der Waals surface area contributed by atoms with Crippen LogP contribution in [0, 0.1) is 0 Å². The Labute approximate surface area is 202 Å². The molecule has 0 aliphatic rings. The largest absolute Gasteiger partial charge is 0.493 e. The zero-order valence-electron chi connectivity index (χ0n) is 21.6. The maximum absolute atomic E-state index is 10.3. The molecule has 0 aromatic rings. The second kappa shape index (κ2) is 26.3. The normalized spacial score (nSPS) is 12.4. The number of aliphatic hydroxyl groups is 4. The van der Waals surface area contributed by atoms with Crippen LogP contribution in [0.1, 0.15) is 73.1 Å². The first-order valence-electron chi connectivity index (χ1n) is 11.3. The van der Waals surface area contributed by atoms with Crippen molar-refractivity contribution in [2.45, 2.75) is 97.1 Å². The highest BCUT2D eigenvalue weighted by atomic mass is 16.5. The number of hydrogen-bond acceptors (Lipinski definition) is 6. The van der Waals surface area contributed by atoms with Gasteiger partial charge in [-0.25, -0.2) is 0 Å². The molecule has 6 nitrogen and oxygen atoms in total. The summed E-state index contributed by atoms with van der Waals surface area (Å²) >= 11 is 0. The summed E-state index contributed by atoms with van der Waals surface area (Å²) in [6, 6.07) is 0. The van der Waals surface area contributed by atoms with Crippen LogP contribution in [0.15, 0.2) is 63.0 Å². The predicted octanol–water partition coefficient (Wildman–Crippen LogP) is 5.04. The van der Waals surface area contributed by atoms with E-state index in [0.29, 0.717) is 25.0 Å². The fraction of sp³-hybridized carbons (Fsp3) is 0.593. The molecule has 0 fully saturated rings. The minimum absolute atomic E-state index is 0.0210.